The van der Waals surface area contributed by atoms with Crippen molar-refractivity contribution in [3.63, 3.8) is 0 Å². The van der Waals surface area contributed by atoms with Gasteiger partial charge in [-0.05, 0) is 29.8 Å². The molecular weight excluding hydrogens is 388 g/mol. The first-order valence-corrected chi connectivity index (χ1v) is 9.98. The maximum Gasteiger partial charge on any atom is 0.271 e. The van der Waals surface area contributed by atoms with Gasteiger partial charge in [-0.15, -0.1) is 5.10 Å². The quantitative estimate of drug-likeness (QED) is 0.828. The van der Waals surface area contributed by atoms with Gasteiger partial charge in [-0.1, -0.05) is 48.5 Å². The Morgan fingerprint density at radius 1 is 1.10 bits per heavy atom. The number of hydrogen-bond acceptors (Lipinski definition) is 5. The highest BCUT2D eigenvalue weighted by atomic mass is 32.2. The van der Waals surface area contributed by atoms with Crippen LogP contribution in [0.25, 0.3) is 0 Å². The number of amides is 3. The fourth-order valence-electron chi connectivity index (χ4n) is 3.77. The van der Waals surface area contributed by atoms with E-state index >= 15 is 0 Å². The minimum atomic E-state index is -1.36. The molecular formula is C21H20N4O3S. The minimum absolute atomic E-state index is 0.232. The molecule has 4 rings (SSSR count). The largest absolute Gasteiger partial charge is 0.304 e. The summed E-state index contributed by atoms with van der Waals surface area (Å²) in [6.07, 6.45) is 0. The van der Waals surface area contributed by atoms with Gasteiger partial charge in [-0.25, -0.2) is 0 Å². The number of anilines is 1. The van der Waals surface area contributed by atoms with Gasteiger partial charge in [0.1, 0.15) is 0 Å². The van der Waals surface area contributed by atoms with Crippen LogP contribution in [-0.4, -0.2) is 27.9 Å². The summed E-state index contributed by atoms with van der Waals surface area (Å²) in [5.41, 5.74) is 3.38. The third-order valence-corrected chi connectivity index (χ3v) is 6.15. The molecule has 0 saturated carbocycles. The number of amidine groups is 1. The van der Waals surface area contributed by atoms with Crippen LogP contribution in [0.15, 0.2) is 53.6 Å². The van der Waals surface area contributed by atoms with Crippen LogP contribution in [0, 0.1) is 6.92 Å². The highest BCUT2D eigenvalue weighted by Gasteiger charge is 2.61. The Kier molecular flexibility index (Phi) is 4.66. The lowest BCUT2D eigenvalue weighted by Crippen LogP contribution is -2.48. The number of rotatable bonds is 2. The zero-order valence-electron chi connectivity index (χ0n) is 16.3. The number of hydrazone groups is 1. The predicted molar refractivity (Wildman–Crippen MR) is 112 cm³/mol. The number of nitrogens with zero attached hydrogens (tertiary/aromatic N) is 3. The molecule has 0 radical (unpaired) electrons. The molecule has 0 unspecified atom stereocenters. The molecule has 2 aromatic rings. The van der Waals surface area contributed by atoms with Crippen LogP contribution in [0.1, 0.15) is 30.5 Å². The molecule has 2 aliphatic heterocycles. The SMILES string of the molecule is CC(=O)NC1=NN(C(C)=O)[C@@]2(S1)C(=O)N(Cc1ccccc1)c1c(C)cccc12. The Morgan fingerprint density at radius 2 is 1.83 bits per heavy atom. The molecule has 29 heavy (non-hydrogen) atoms. The molecule has 2 aromatic carbocycles. The normalized spacial score (nSPS) is 20.1. The third-order valence-electron chi connectivity index (χ3n) is 4.91. The number of thioether (sulfide) groups is 1. The van der Waals surface area contributed by atoms with E-state index in [2.05, 4.69) is 10.4 Å². The van der Waals surface area contributed by atoms with Gasteiger partial charge in [0.15, 0.2) is 5.17 Å². The van der Waals surface area contributed by atoms with E-state index < -0.39 is 4.87 Å². The van der Waals surface area contributed by atoms with E-state index in [9.17, 15) is 14.4 Å². The predicted octanol–water partition coefficient (Wildman–Crippen LogP) is 2.70. The van der Waals surface area contributed by atoms with Gasteiger partial charge in [0.2, 0.25) is 16.7 Å². The van der Waals surface area contributed by atoms with E-state index in [0.29, 0.717) is 12.1 Å². The van der Waals surface area contributed by atoms with Crippen LogP contribution in [0.5, 0.6) is 0 Å². The van der Waals surface area contributed by atoms with Crippen molar-refractivity contribution >= 4 is 40.3 Å². The van der Waals surface area contributed by atoms with Crippen LogP contribution in [0.3, 0.4) is 0 Å². The Bertz CT molecular complexity index is 1050. The van der Waals surface area contributed by atoms with Crippen LogP contribution >= 0.6 is 11.8 Å². The molecule has 0 aliphatic carbocycles. The second-order valence-electron chi connectivity index (χ2n) is 7.01. The van der Waals surface area contributed by atoms with Crippen LogP contribution in [0.2, 0.25) is 0 Å². The van der Waals surface area contributed by atoms with Crippen molar-refractivity contribution in [3.05, 3.63) is 65.2 Å². The fourth-order valence-corrected chi connectivity index (χ4v) is 5.09. The summed E-state index contributed by atoms with van der Waals surface area (Å²) in [5.74, 6) is -0.942. The lowest BCUT2D eigenvalue weighted by atomic mass is 10.0. The average Bonchev–Trinajstić information content (AvgIpc) is 3.16. The van der Waals surface area contributed by atoms with Gasteiger partial charge in [0.25, 0.3) is 5.91 Å². The van der Waals surface area contributed by atoms with Crippen LogP contribution < -0.4 is 10.2 Å². The average molecular weight is 408 g/mol. The fraction of sp³-hybridized carbons (Fsp3) is 0.238. The maximum absolute atomic E-state index is 13.8. The number of para-hydroxylation sites is 1. The van der Waals surface area contributed by atoms with Crippen molar-refractivity contribution in [3.8, 4) is 0 Å². The Hall–Kier alpha value is -3.13. The van der Waals surface area contributed by atoms with E-state index in [-0.39, 0.29) is 22.9 Å². The summed E-state index contributed by atoms with van der Waals surface area (Å²) in [7, 11) is 0. The molecule has 1 N–H and O–H groups in total. The highest BCUT2D eigenvalue weighted by Crippen LogP contribution is 2.55. The minimum Gasteiger partial charge on any atom is -0.304 e. The smallest absolute Gasteiger partial charge is 0.271 e. The summed E-state index contributed by atoms with van der Waals surface area (Å²) in [6, 6.07) is 15.3. The first-order valence-electron chi connectivity index (χ1n) is 9.16. The van der Waals surface area contributed by atoms with Crippen molar-refractivity contribution in [1.29, 1.82) is 0 Å². The maximum atomic E-state index is 13.8. The molecule has 1 atom stereocenters. The molecule has 0 fully saturated rings. The van der Waals surface area contributed by atoms with Crippen molar-refractivity contribution < 1.29 is 14.4 Å². The van der Waals surface area contributed by atoms with Gasteiger partial charge in [0, 0.05) is 19.4 Å². The van der Waals surface area contributed by atoms with Crippen LogP contribution in [-0.2, 0) is 25.8 Å². The number of benzene rings is 2. The monoisotopic (exact) mass is 408 g/mol. The molecule has 7 nitrogen and oxygen atoms in total. The summed E-state index contributed by atoms with van der Waals surface area (Å²) in [4.78, 5) is 38.2. The first kappa shape index (κ1) is 19.2. The van der Waals surface area contributed by atoms with Crippen molar-refractivity contribution in [2.24, 2.45) is 5.10 Å². The van der Waals surface area contributed by atoms with E-state index in [1.807, 2.05) is 55.5 Å². The molecule has 2 heterocycles. The van der Waals surface area contributed by atoms with Gasteiger partial charge in [0.05, 0.1) is 12.2 Å². The van der Waals surface area contributed by atoms with Crippen LogP contribution in [0.4, 0.5) is 5.69 Å². The van der Waals surface area contributed by atoms with Gasteiger partial charge in [-0.2, -0.15) is 5.01 Å². The lowest BCUT2D eigenvalue weighted by Gasteiger charge is -2.29. The molecule has 2 aliphatic rings. The molecule has 0 bridgehead atoms. The summed E-state index contributed by atoms with van der Waals surface area (Å²) < 4.78 is 0. The lowest BCUT2D eigenvalue weighted by molar-refractivity contribution is -0.139. The molecule has 3 amide bonds. The molecule has 148 valence electrons. The number of nitrogens with one attached hydrogen (secondary N) is 1. The molecule has 0 aromatic heterocycles. The van der Waals surface area contributed by atoms with Gasteiger partial charge in [-0.3, -0.25) is 14.4 Å². The number of carbonyl (C=O) groups is 3. The van der Waals surface area contributed by atoms with Crippen molar-refractivity contribution in [2.75, 3.05) is 4.90 Å². The highest BCUT2D eigenvalue weighted by molar-refractivity contribution is 8.15. The Morgan fingerprint density at radius 3 is 2.48 bits per heavy atom. The molecule has 1 spiro atoms. The number of hydrogen-bond donors (Lipinski definition) is 1. The van der Waals surface area contributed by atoms with Gasteiger partial charge >= 0.3 is 0 Å². The van der Waals surface area contributed by atoms with Crippen molar-refractivity contribution in [1.82, 2.24) is 10.3 Å². The second kappa shape index (κ2) is 7.04. The Balaban J connectivity index is 1.85. The zero-order valence-corrected chi connectivity index (χ0v) is 17.1. The number of aryl methyl sites for hydroxylation is 1. The summed E-state index contributed by atoms with van der Waals surface area (Å²) in [6.45, 7) is 5.05. The van der Waals surface area contributed by atoms with E-state index in [0.717, 1.165) is 28.6 Å². The van der Waals surface area contributed by atoms with E-state index in [1.165, 1.54) is 18.9 Å². The molecule has 0 saturated heterocycles. The first-order chi connectivity index (χ1) is 13.8. The van der Waals surface area contributed by atoms with E-state index in [4.69, 9.17) is 0 Å². The third kappa shape index (κ3) is 3.00. The Labute approximate surface area is 172 Å². The number of fused-ring (bicyclic) bond motifs is 2. The summed E-state index contributed by atoms with van der Waals surface area (Å²) in [5, 5.41) is 8.31. The standard InChI is InChI=1S/C21H20N4O3S/c1-13-8-7-11-17-18(13)24(12-16-9-5-4-6-10-16)19(28)21(17)25(15(3)27)23-20(29-21)22-14(2)26/h4-11H,12H2,1-3H3,(H,22,23,26)/t21-/m0/s1. The molecule has 8 heteroatoms. The summed E-state index contributed by atoms with van der Waals surface area (Å²) >= 11 is 1.09. The topological polar surface area (TPSA) is 82.1 Å². The zero-order chi connectivity index (χ0) is 20.8. The second-order valence-corrected chi connectivity index (χ2v) is 8.19. The van der Waals surface area contributed by atoms with E-state index in [1.54, 1.807) is 4.90 Å². The van der Waals surface area contributed by atoms with Crippen molar-refractivity contribution in [2.45, 2.75) is 32.2 Å². The number of carbonyl (C=O) groups excluding carboxylic acids is 3. The van der Waals surface area contributed by atoms with Gasteiger partial charge < -0.3 is 10.2 Å².